The van der Waals surface area contributed by atoms with E-state index in [9.17, 15) is 0 Å². The molecule has 0 heterocycles. The lowest BCUT2D eigenvalue weighted by Gasteiger charge is -2.25. The van der Waals surface area contributed by atoms with Crippen molar-refractivity contribution in [1.82, 2.24) is 0 Å². The summed E-state index contributed by atoms with van der Waals surface area (Å²) in [4.78, 5) is 0. The highest BCUT2D eigenvalue weighted by atomic mass is 14.2. The summed E-state index contributed by atoms with van der Waals surface area (Å²) in [6.07, 6.45) is 19.7. The van der Waals surface area contributed by atoms with Gasteiger partial charge < -0.3 is 0 Å². The molecule has 0 aliphatic heterocycles. The van der Waals surface area contributed by atoms with Crippen LogP contribution in [-0.4, -0.2) is 0 Å². The molecule has 28 heavy (non-hydrogen) atoms. The second-order valence-electron chi connectivity index (χ2n) is 8.26. The summed E-state index contributed by atoms with van der Waals surface area (Å²) in [6, 6.07) is 8.73. The van der Waals surface area contributed by atoms with Gasteiger partial charge in [0.25, 0.3) is 0 Å². The molecule has 0 saturated heterocycles. The van der Waals surface area contributed by atoms with Crippen LogP contribution in [0.3, 0.4) is 0 Å². The first-order valence-electron chi connectivity index (χ1n) is 11.6. The zero-order valence-corrected chi connectivity index (χ0v) is 18.1. The van der Waals surface area contributed by atoms with Crippen LogP contribution in [0.15, 0.2) is 36.4 Å². The molecule has 1 fully saturated rings. The van der Waals surface area contributed by atoms with Gasteiger partial charge in [0.15, 0.2) is 0 Å². The van der Waals surface area contributed by atoms with Crippen molar-refractivity contribution in [3.63, 3.8) is 0 Å². The largest absolute Gasteiger partial charge is 0.0951 e. The number of benzene rings is 1. The van der Waals surface area contributed by atoms with Gasteiger partial charge in [0.1, 0.15) is 0 Å². The summed E-state index contributed by atoms with van der Waals surface area (Å²) < 4.78 is 0. The molecule has 0 unspecified atom stereocenters. The zero-order valence-electron chi connectivity index (χ0n) is 18.1. The third kappa shape index (κ3) is 9.33. The third-order valence-corrected chi connectivity index (χ3v) is 5.82. The first-order chi connectivity index (χ1) is 13.8. The Morgan fingerprint density at radius 2 is 1.54 bits per heavy atom. The van der Waals surface area contributed by atoms with Crippen molar-refractivity contribution in [3.8, 4) is 23.7 Å². The van der Waals surface area contributed by atoms with Crippen LogP contribution in [0.25, 0.3) is 0 Å². The fourth-order valence-electron chi connectivity index (χ4n) is 4.07. The van der Waals surface area contributed by atoms with Crippen LogP contribution in [0.5, 0.6) is 0 Å². The Balaban J connectivity index is 1.68. The first kappa shape index (κ1) is 22.4. The fraction of sp³-hybridized carbons (Fsp3) is 0.571. The minimum Gasteiger partial charge on any atom is -0.0951 e. The lowest BCUT2D eigenvalue weighted by Crippen LogP contribution is -2.12. The molecule has 1 aliphatic carbocycles. The van der Waals surface area contributed by atoms with Crippen LogP contribution in [0, 0.1) is 35.5 Å². The minimum absolute atomic E-state index is 0.597. The standard InChI is InChI=1S/C28H38/c1-3-5-6-7-10-14-27-21-23-28(24-22-27)16-12-9-8-11-15-26-19-17-25(13-4-2)18-20-26/h8-9,21-26H,3-7,10,13-14,17-20H2,1-2H3. The number of rotatable bonds is 8. The molecule has 0 aromatic heterocycles. The van der Waals surface area contributed by atoms with Crippen molar-refractivity contribution in [2.75, 3.05) is 0 Å². The van der Waals surface area contributed by atoms with E-state index in [1.807, 2.05) is 12.2 Å². The van der Waals surface area contributed by atoms with Crippen molar-refractivity contribution in [2.45, 2.75) is 90.9 Å². The Bertz CT molecular complexity index is 676. The van der Waals surface area contributed by atoms with Crippen LogP contribution in [-0.2, 0) is 6.42 Å². The van der Waals surface area contributed by atoms with Crippen molar-refractivity contribution in [3.05, 3.63) is 47.5 Å². The molecule has 0 heteroatoms. The van der Waals surface area contributed by atoms with Gasteiger partial charge in [-0.05, 0) is 74.3 Å². The van der Waals surface area contributed by atoms with E-state index in [2.05, 4.69) is 61.8 Å². The number of hydrogen-bond acceptors (Lipinski definition) is 0. The van der Waals surface area contributed by atoms with Gasteiger partial charge in [0.2, 0.25) is 0 Å². The zero-order chi connectivity index (χ0) is 19.9. The van der Waals surface area contributed by atoms with Gasteiger partial charge in [-0.2, -0.15) is 0 Å². The fourth-order valence-corrected chi connectivity index (χ4v) is 4.07. The SMILES string of the molecule is CCCCCCCc1ccc(C#CC=CC#CC2CCC(CCC)CC2)cc1. The maximum atomic E-state index is 3.42. The molecule has 0 bridgehead atoms. The predicted octanol–water partition coefficient (Wildman–Crippen LogP) is 7.72. The van der Waals surface area contributed by atoms with Gasteiger partial charge in [-0.3, -0.25) is 0 Å². The van der Waals surface area contributed by atoms with Crippen LogP contribution < -0.4 is 0 Å². The summed E-state index contributed by atoms with van der Waals surface area (Å²) in [7, 11) is 0. The molecule has 1 aromatic rings. The summed E-state index contributed by atoms with van der Waals surface area (Å²) in [5.41, 5.74) is 2.51. The van der Waals surface area contributed by atoms with E-state index in [-0.39, 0.29) is 0 Å². The molecular weight excluding hydrogens is 336 g/mol. The summed E-state index contributed by atoms with van der Waals surface area (Å²) >= 11 is 0. The molecule has 0 atom stereocenters. The lowest BCUT2D eigenvalue weighted by molar-refractivity contribution is 0.300. The molecular formula is C28H38. The van der Waals surface area contributed by atoms with Gasteiger partial charge in [-0.15, -0.1) is 0 Å². The molecule has 0 radical (unpaired) electrons. The van der Waals surface area contributed by atoms with Crippen LogP contribution in [0.2, 0.25) is 0 Å². The highest BCUT2D eigenvalue weighted by Crippen LogP contribution is 2.30. The molecule has 0 nitrogen and oxygen atoms in total. The number of hydrogen-bond donors (Lipinski definition) is 0. The van der Waals surface area contributed by atoms with E-state index in [4.69, 9.17) is 0 Å². The second-order valence-corrected chi connectivity index (χ2v) is 8.26. The van der Waals surface area contributed by atoms with E-state index in [1.165, 1.54) is 82.6 Å². The van der Waals surface area contributed by atoms with Gasteiger partial charge in [-0.25, -0.2) is 0 Å². The summed E-state index contributed by atoms with van der Waals surface area (Å²) in [6.45, 7) is 4.56. The minimum atomic E-state index is 0.597. The quantitative estimate of drug-likeness (QED) is 0.323. The van der Waals surface area contributed by atoms with Crippen LogP contribution in [0.1, 0.15) is 95.6 Å². The molecule has 1 saturated carbocycles. The van der Waals surface area contributed by atoms with E-state index in [1.54, 1.807) is 0 Å². The number of unbranched alkanes of at least 4 members (excludes halogenated alkanes) is 4. The van der Waals surface area contributed by atoms with Crippen molar-refractivity contribution in [2.24, 2.45) is 11.8 Å². The smallest absolute Gasteiger partial charge is 0.0249 e. The van der Waals surface area contributed by atoms with Crippen LogP contribution in [0.4, 0.5) is 0 Å². The Hall–Kier alpha value is -1.92. The summed E-state index contributed by atoms with van der Waals surface area (Å²) in [5.74, 6) is 14.5. The highest BCUT2D eigenvalue weighted by Gasteiger charge is 2.18. The van der Waals surface area contributed by atoms with Crippen LogP contribution >= 0.6 is 0 Å². The molecule has 0 spiro atoms. The Kier molecular flexibility index (Phi) is 11.3. The maximum Gasteiger partial charge on any atom is 0.0249 e. The van der Waals surface area contributed by atoms with Gasteiger partial charge in [-0.1, -0.05) is 88.2 Å². The Morgan fingerprint density at radius 1 is 0.821 bits per heavy atom. The van der Waals surface area contributed by atoms with Crippen molar-refractivity contribution >= 4 is 0 Å². The van der Waals surface area contributed by atoms with E-state index in [0.29, 0.717) is 5.92 Å². The molecule has 150 valence electrons. The molecule has 1 aliphatic rings. The van der Waals surface area contributed by atoms with Crippen molar-refractivity contribution < 1.29 is 0 Å². The molecule has 0 N–H and O–H groups in total. The lowest BCUT2D eigenvalue weighted by atomic mass is 9.80. The Morgan fingerprint density at radius 3 is 2.25 bits per heavy atom. The first-order valence-corrected chi connectivity index (χ1v) is 11.6. The Labute approximate surface area is 174 Å². The van der Waals surface area contributed by atoms with E-state index >= 15 is 0 Å². The highest BCUT2D eigenvalue weighted by molar-refractivity contribution is 5.39. The maximum absolute atomic E-state index is 3.42. The predicted molar refractivity (Wildman–Crippen MR) is 123 cm³/mol. The van der Waals surface area contributed by atoms with E-state index in [0.717, 1.165) is 11.5 Å². The van der Waals surface area contributed by atoms with Gasteiger partial charge >= 0.3 is 0 Å². The average Bonchev–Trinajstić information content (AvgIpc) is 2.73. The van der Waals surface area contributed by atoms with Gasteiger partial charge in [0, 0.05) is 11.5 Å². The summed E-state index contributed by atoms with van der Waals surface area (Å²) in [5, 5.41) is 0. The third-order valence-electron chi connectivity index (χ3n) is 5.82. The average molecular weight is 375 g/mol. The second kappa shape index (κ2) is 14.1. The molecule has 2 rings (SSSR count). The monoisotopic (exact) mass is 374 g/mol. The number of aryl methyl sites for hydroxylation is 1. The van der Waals surface area contributed by atoms with Gasteiger partial charge in [0.05, 0.1) is 0 Å². The number of allylic oxidation sites excluding steroid dienone is 2. The normalized spacial score (nSPS) is 18.9. The molecule has 0 amide bonds. The molecule has 1 aromatic carbocycles. The topological polar surface area (TPSA) is 0 Å². The van der Waals surface area contributed by atoms with Crippen molar-refractivity contribution in [1.29, 1.82) is 0 Å². The van der Waals surface area contributed by atoms with E-state index < -0.39 is 0 Å².